The maximum absolute atomic E-state index is 12.3. The van der Waals surface area contributed by atoms with E-state index in [1.54, 1.807) is 24.5 Å². The summed E-state index contributed by atoms with van der Waals surface area (Å²) in [7, 11) is 3.83. The number of aliphatic hydroxyl groups is 1. The predicted octanol–water partition coefficient (Wildman–Crippen LogP) is 1.48. The number of rotatable bonds is 5. The average molecular weight is 392 g/mol. The fraction of sp³-hybridized carbons (Fsp3) is 0.421. The number of carbonyl (C=O) groups is 1. The predicted molar refractivity (Wildman–Crippen MR) is 108 cm³/mol. The van der Waals surface area contributed by atoms with Crippen LogP contribution < -0.4 is 15.5 Å². The molecule has 1 aromatic carbocycles. The highest BCUT2D eigenvalue weighted by Crippen LogP contribution is 2.19. The summed E-state index contributed by atoms with van der Waals surface area (Å²) in [6.07, 6.45) is 5.01. The quantitative estimate of drug-likeness (QED) is 0.715. The molecule has 0 bridgehead atoms. The van der Waals surface area contributed by atoms with Crippen molar-refractivity contribution >= 4 is 24.1 Å². The molecule has 7 nitrogen and oxygen atoms in total. The highest BCUT2D eigenvalue weighted by molar-refractivity contribution is 5.94. The van der Waals surface area contributed by atoms with Gasteiger partial charge in [-0.15, -0.1) is 12.4 Å². The molecule has 146 valence electrons. The third-order valence-corrected chi connectivity index (χ3v) is 4.55. The van der Waals surface area contributed by atoms with Crippen LogP contribution in [0.2, 0.25) is 0 Å². The van der Waals surface area contributed by atoms with Crippen LogP contribution >= 0.6 is 12.4 Å². The van der Waals surface area contributed by atoms with Gasteiger partial charge in [0.05, 0.1) is 23.7 Å². The molecule has 1 aliphatic rings. The van der Waals surface area contributed by atoms with E-state index in [0.29, 0.717) is 18.5 Å². The third kappa shape index (κ3) is 5.38. The molecule has 27 heavy (non-hydrogen) atoms. The van der Waals surface area contributed by atoms with Gasteiger partial charge in [0, 0.05) is 38.3 Å². The SMILES string of the molecule is CN(C)c1cncc(-c2ccc(C(=O)NCC3(O)CCCNC3)cc2)n1.Cl. The number of hydrogen-bond donors (Lipinski definition) is 3. The van der Waals surface area contributed by atoms with E-state index in [-0.39, 0.29) is 24.9 Å². The van der Waals surface area contributed by atoms with E-state index in [9.17, 15) is 9.90 Å². The van der Waals surface area contributed by atoms with Crippen LogP contribution in [0.5, 0.6) is 0 Å². The number of benzene rings is 1. The molecule has 1 saturated heterocycles. The molecule has 1 aromatic heterocycles. The van der Waals surface area contributed by atoms with Crippen LogP contribution in [0.15, 0.2) is 36.7 Å². The van der Waals surface area contributed by atoms with E-state index in [4.69, 9.17) is 0 Å². The van der Waals surface area contributed by atoms with E-state index in [0.717, 1.165) is 30.0 Å². The minimum atomic E-state index is -0.865. The highest BCUT2D eigenvalue weighted by Gasteiger charge is 2.29. The van der Waals surface area contributed by atoms with Crippen LogP contribution in [0.25, 0.3) is 11.3 Å². The molecule has 0 radical (unpaired) electrons. The van der Waals surface area contributed by atoms with Crippen molar-refractivity contribution in [3.63, 3.8) is 0 Å². The molecule has 3 N–H and O–H groups in total. The van der Waals surface area contributed by atoms with E-state index < -0.39 is 5.60 Å². The fourth-order valence-corrected chi connectivity index (χ4v) is 2.95. The Balaban J connectivity index is 0.00000261. The van der Waals surface area contributed by atoms with E-state index in [1.807, 2.05) is 31.1 Å². The van der Waals surface area contributed by atoms with Crippen molar-refractivity contribution in [2.24, 2.45) is 0 Å². The molecular formula is C19H26ClN5O2. The summed E-state index contributed by atoms with van der Waals surface area (Å²) in [5.74, 6) is 0.585. The minimum Gasteiger partial charge on any atom is -0.387 e. The Labute approximate surface area is 165 Å². The molecule has 0 saturated carbocycles. The van der Waals surface area contributed by atoms with Gasteiger partial charge in [-0.2, -0.15) is 0 Å². The number of nitrogens with one attached hydrogen (secondary N) is 2. The number of halogens is 1. The summed E-state index contributed by atoms with van der Waals surface area (Å²) in [6, 6.07) is 7.24. The summed E-state index contributed by atoms with van der Waals surface area (Å²) in [6.45, 7) is 1.67. The van der Waals surface area contributed by atoms with Crippen molar-refractivity contribution in [3.8, 4) is 11.3 Å². The van der Waals surface area contributed by atoms with Gasteiger partial charge in [-0.1, -0.05) is 12.1 Å². The molecule has 1 fully saturated rings. The Kier molecular flexibility index (Phi) is 7.12. The zero-order valence-corrected chi connectivity index (χ0v) is 16.4. The number of carbonyl (C=O) groups excluding carboxylic acids is 1. The lowest BCUT2D eigenvalue weighted by Gasteiger charge is -2.32. The van der Waals surface area contributed by atoms with Crippen LogP contribution in [0, 0.1) is 0 Å². The van der Waals surface area contributed by atoms with Gasteiger partial charge < -0.3 is 20.6 Å². The maximum atomic E-state index is 12.3. The normalized spacial score (nSPS) is 19.1. The first-order chi connectivity index (χ1) is 12.5. The lowest BCUT2D eigenvalue weighted by Crippen LogP contribution is -2.52. The summed E-state index contributed by atoms with van der Waals surface area (Å²) in [5.41, 5.74) is 1.34. The van der Waals surface area contributed by atoms with Gasteiger partial charge in [-0.25, -0.2) is 4.98 Å². The Morgan fingerprint density at radius 3 is 2.67 bits per heavy atom. The summed E-state index contributed by atoms with van der Waals surface area (Å²) in [4.78, 5) is 23.0. The van der Waals surface area contributed by atoms with Gasteiger partial charge in [0.25, 0.3) is 5.91 Å². The third-order valence-electron chi connectivity index (χ3n) is 4.55. The summed E-state index contributed by atoms with van der Waals surface area (Å²) in [5, 5.41) is 16.4. The van der Waals surface area contributed by atoms with Gasteiger partial charge in [-0.05, 0) is 31.5 Å². The minimum absolute atomic E-state index is 0. The number of β-amino-alcohol motifs (C(OH)–C–C–N with tert-alkyl or cyclic N) is 1. The van der Waals surface area contributed by atoms with Crippen molar-refractivity contribution in [3.05, 3.63) is 42.2 Å². The van der Waals surface area contributed by atoms with Gasteiger partial charge in [-0.3, -0.25) is 9.78 Å². The van der Waals surface area contributed by atoms with Crippen molar-refractivity contribution < 1.29 is 9.90 Å². The van der Waals surface area contributed by atoms with E-state index >= 15 is 0 Å². The molecule has 2 heterocycles. The molecule has 3 rings (SSSR count). The van der Waals surface area contributed by atoms with Crippen LogP contribution in [-0.2, 0) is 0 Å². The van der Waals surface area contributed by atoms with Crippen molar-refractivity contribution in [1.29, 1.82) is 0 Å². The second-order valence-corrected chi connectivity index (χ2v) is 6.92. The Hall–Kier alpha value is -2.22. The second kappa shape index (κ2) is 9.12. The largest absolute Gasteiger partial charge is 0.387 e. The Bertz CT molecular complexity index is 761. The standard InChI is InChI=1S/C19H25N5O2.ClH/c1-24(2)17-11-21-10-16(23-17)14-4-6-15(7-5-14)18(25)22-13-19(26)8-3-9-20-12-19;/h4-7,10-11,20,26H,3,8-9,12-13H2,1-2H3,(H,22,25);1H. The van der Waals surface area contributed by atoms with Crippen LogP contribution in [0.1, 0.15) is 23.2 Å². The lowest BCUT2D eigenvalue weighted by atomic mass is 9.94. The van der Waals surface area contributed by atoms with Crippen LogP contribution in [0.4, 0.5) is 5.82 Å². The molecular weight excluding hydrogens is 366 g/mol. The summed E-state index contributed by atoms with van der Waals surface area (Å²) >= 11 is 0. The van der Waals surface area contributed by atoms with Crippen molar-refractivity contribution in [2.45, 2.75) is 18.4 Å². The van der Waals surface area contributed by atoms with Crippen molar-refractivity contribution in [2.75, 3.05) is 38.6 Å². The average Bonchev–Trinajstić information content (AvgIpc) is 2.67. The van der Waals surface area contributed by atoms with Crippen LogP contribution in [0.3, 0.4) is 0 Å². The van der Waals surface area contributed by atoms with E-state index in [2.05, 4.69) is 20.6 Å². The number of nitrogens with zero attached hydrogens (tertiary/aromatic N) is 3. The topological polar surface area (TPSA) is 90.4 Å². The highest BCUT2D eigenvalue weighted by atomic mass is 35.5. The van der Waals surface area contributed by atoms with Crippen LogP contribution in [-0.4, -0.2) is 60.3 Å². The Morgan fingerprint density at radius 1 is 1.30 bits per heavy atom. The number of hydrogen-bond acceptors (Lipinski definition) is 6. The van der Waals surface area contributed by atoms with Gasteiger partial charge in [0.1, 0.15) is 5.82 Å². The molecule has 8 heteroatoms. The maximum Gasteiger partial charge on any atom is 0.251 e. The number of anilines is 1. The molecule has 2 aromatic rings. The lowest BCUT2D eigenvalue weighted by molar-refractivity contribution is 0.0170. The first kappa shape index (κ1) is 21.1. The number of amides is 1. The molecule has 1 amide bonds. The number of aromatic nitrogens is 2. The molecule has 1 atom stereocenters. The monoisotopic (exact) mass is 391 g/mol. The summed E-state index contributed by atoms with van der Waals surface area (Å²) < 4.78 is 0. The molecule has 0 aliphatic carbocycles. The van der Waals surface area contributed by atoms with Gasteiger partial charge in [0.2, 0.25) is 0 Å². The molecule has 1 unspecified atom stereocenters. The first-order valence-corrected chi connectivity index (χ1v) is 8.78. The smallest absolute Gasteiger partial charge is 0.251 e. The zero-order valence-electron chi connectivity index (χ0n) is 15.6. The fourth-order valence-electron chi connectivity index (χ4n) is 2.95. The second-order valence-electron chi connectivity index (χ2n) is 6.92. The first-order valence-electron chi connectivity index (χ1n) is 8.78. The molecule has 1 aliphatic heterocycles. The molecule has 0 spiro atoms. The zero-order chi connectivity index (χ0) is 18.6. The number of piperidine rings is 1. The Morgan fingerprint density at radius 2 is 2.04 bits per heavy atom. The van der Waals surface area contributed by atoms with Gasteiger partial charge >= 0.3 is 0 Å². The van der Waals surface area contributed by atoms with Crippen molar-refractivity contribution in [1.82, 2.24) is 20.6 Å². The van der Waals surface area contributed by atoms with E-state index in [1.165, 1.54) is 0 Å². The van der Waals surface area contributed by atoms with Gasteiger partial charge in [0.15, 0.2) is 0 Å².